The van der Waals surface area contributed by atoms with Gasteiger partial charge in [-0.15, -0.1) is 0 Å². The fraction of sp³-hybridized carbons (Fsp3) is 0.462. The van der Waals surface area contributed by atoms with Crippen LogP contribution in [0.5, 0.6) is 5.75 Å². The van der Waals surface area contributed by atoms with Crippen LogP contribution in [0.1, 0.15) is 30.1 Å². The molecule has 1 amide bonds. The van der Waals surface area contributed by atoms with Gasteiger partial charge in [0.25, 0.3) is 5.91 Å². The number of hydrogen-bond acceptors (Lipinski definition) is 2. The summed E-state index contributed by atoms with van der Waals surface area (Å²) in [5.41, 5.74) is 0.575. The van der Waals surface area contributed by atoms with Gasteiger partial charge < -0.3 is 10.1 Å². The van der Waals surface area contributed by atoms with Crippen molar-refractivity contribution >= 4 is 21.8 Å². The zero-order valence-corrected chi connectivity index (χ0v) is 11.8. The summed E-state index contributed by atoms with van der Waals surface area (Å²) in [6.45, 7) is 2.75. The molecular weight excluding hydrogens is 282 g/mol. The van der Waals surface area contributed by atoms with Gasteiger partial charge in [-0.2, -0.15) is 0 Å². The minimum absolute atomic E-state index is 0.0944. The Labute approximate surface area is 111 Å². The smallest absolute Gasteiger partial charge is 0.255 e. The summed E-state index contributed by atoms with van der Waals surface area (Å²) in [7, 11) is 1.57. The molecule has 0 aliphatic carbocycles. The van der Waals surface area contributed by atoms with Crippen LogP contribution in [0.3, 0.4) is 0 Å². The van der Waals surface area contributed by atoms with Crippen molar-refractivity contribution < 1.29 is 9.53 Å². The van der Waals surface area contributed by atoms with E-state index in [0.717, 1.165) is 12.8 Å². The summed E-state index contributed by atoms with van der Waals surface area (Å²) in [6, 6.07) is 7.22. The number of rotatable bonds is 6. The van der Waals surface area contributed by atoms with E-state index in [1.54, 1.807) is 19.2 Å². The van der Waals surface area contributed by atoms with E-state index in [1.165, 1.54) is 0 Å². The monoisotopic (exact) mass is 299 g/mol. The van der Waals surface area contributed by atoms with Crippen LogP contribution in [0, 0.1) is 0 Å². The normalized spacial score (nSPS) is 11.9. The van der Waals surface area contributed by atoms with Crippen molar-refractivity contribution in [2.24, 2.45) is 0 Å². The number of alkyl halides is 1. The van der Waals surface area contributed by atoms with Gasteiger partial charge in [0.2, 0.25) is 0 Å². The van der Waals surface area contributed by atoms with Crippen LogP contribution in [0.4, 0.5) is 0 Å². The van der Waals surface area contributed by atoms with Gasteiger partial charge in [-0.05, 0) is 18.6 Å². The summed E-state index contributed by atoms with van der Waals surface area (Å²) >= 11 is 3.53. The van der Waals surface area contributed by atoms with Gasteiger partial charge in [-0.3, -0.25) is 4.79 Å². The maximum absolute atomic E-state index is 11.9. The maximum atomic E-state index is 11.9. The molecule has 4 heteroatoms. The molecule has 0 spiro atoms. The molecule has 0 aliphatic heterocycles. The predicted molar refractivity (Wildman–Crippen MR) is 73.0 cm³/mol. The molecule has 0 aromatic heterocycles. The van der Waals surface area contributed by atoms with E-state index in [0.29, 0.717) is 22.7 Å². The van der Waals surface area contributed by atoms with Crippen LogP contribution in [-0.4, -0.2) is 24.4 Å². The molecule has 1 aromatic rings. The number of para-hydroxylation sites is 1. The number of methoxy groups -OCH3 is 1. The minimum atomic E-state index is -0.0944. The molecule has 0 fully saturated rings. The second kappa shape index (κ2) is 7.33. The Morgan fingerprint density at radius 2 is 2.18 bits per heavy atom. The molecule has 1 atom stereocenters. The van der Waals surface area contributed by atoms with Gasteiger partial charge in [-0.1, -0.05) is 41.4 Å². The second-order valence-electron chi connectivity index (χ2n) is 3.80. The molecule has 1 N–H and O–H groups in total. The van der Waals surface area contributed by atoms with Gasteiger partial charge in [0.15, 0.2) is 0 Å². The zero-order valence-electron chi connectivity index (χ0n) is 10.2. The Balaban J connectivity index is 2.58. The molecule has 0 radical (unpaired) electrons. The quantitative estimate of drug-likeness (QED) is 0.820. The van der Waals surface area contributed by atoms with Crippen LogP contribution in [-0.2, 0) is 0 Å². The van der Waals surface area contributed by atoms with Crippen molar-refractivity contribution in [3.05, 3.63) is 29.8 Å². The van der Waals surface area contributed by atoms with E-state index < -0.39 is 0 Å². The van der Waals surface area contributed by atoms with E-state index in [-0.39, 0.29) is 5.91 Å². The van der Waals surface area contributed by atoms with Gasteiger partial charge in [-0.25, -0.2) is 0 Å². The molecule has 94 valence electrons. The van der Waals surface area contributed by atoms with Crippen LogP contribution < -0.4 is 10.1 Å². The van der Waals surface area contributed by atoms with Crippen molar-refractivity contribution in [3.8, 4) is 5.75 Å². The van der Waals surface area contributed by atoms with E-state index in [9.17, 15) is 4.79 Å². The second-order valence-corrected chi connectivity index (χ2v) is 5.09. The summed E-state index contributed by atoms with van der Waals surface area (Å²) in [5.74, 6) is 0.509. The van der Waals surface area contributed by atoms with E-state index in [2.05, 4.69) is 28.2 Å². The summed E-state index contributed by atoms with van der Waals surface area (Å²) in [5, 5.41) is 2.89. The number of benzene rings is 1. The highest BCUT2D eigenvalue weighted by Gasteiger charge is 2.12. The molecule has 0 heterocycles. The van der Waals surface area contributed by atoms with Crippen LogP contribution >= 0.6 is 15.9 Å². The van der Waals surface area contributed by atoms with E-state index in [4.69, 9.17) is 4.74 Å². The average molecular weight is 300 g/mol. The van der Waals surface area contributed by atoms with Gasteiger partial charge in [0, 0.05) is 11.4 Å². The number of hydrogen-bond donors (Lipinski definition) is 1. The molecule has 1 unspecified atom stereocenters. The molecule has 0 saturated heterocycles. The van der Waals surface area contributed by atoms with Gasteiger partial charge >= 0.3 is 0 Å². The third-order valence-corrected chi connectivity index (χ3v) is 3.22. The third kappa shape index (κ3) is 4.38. The topological polar surface area (TPSA) is 38.3 Å². The molecule has 0 saturated carbocycles. The molecule has 0 bridgehead atoms. The Morgan fingerprint density at radius 1 is 1.47 bits per heavy atom. The van der Waals surface area contributed by atoms with Crippen molar-refractivity contribution in [2.75, 3.05) is 13.7 Å². The fourth-order valence-corrected chi connectivity index (χ4v) is 2.17. The number of amides is 1. The van der Waals surface area contributed by atoms with Crippen LogP contribution in [0.15, 0.2) is 24.3 Å². The number of halogens is 1. The average Bonchev–Trinajstić information content (AvgIpc) is 2.36. The maximum Gasteiger partial charge on any atom is 0.255 e. The lowest BCUT2D eigenvalue weighted by Gasteiger charge is -2.11. The number of carbonyl (C=O) groups excluding carboxylic acids is 1. The molecular formula is C13H18BrNO2. The standard InChI is InChI=1S/C13H18BrNO2/c1-3-6-10(14)9-15-13(16)11-7-4-5-8-12(11)17-2/h4-5,7-8,10H,3,6,9H2,1-2H3,(H,15,16). The number of nitrogens with one attached hydrogen (secondary N) is 1. The largest absolute Gasteiger partial charge is 0.496 e. The zero-order chi connectivity index (χ0) is 12.7. The van der Waals surface area contributed by atoms with Crippen molar-refractivity contribution in [1.82, 2.24) is 5.32 Å². The molecule has 1 aromatic carbocycles. The molecule has 3 nitrogen and oxygen atoms in total. The van der Waals surface area contributed by atoms with Crippen molar-refractivity contribution in [1.29, 1.82) is 0 Å². The summed E-state index contributed by atoms with van der Waals surface area (Å²) < 4.78 is 5.15. The van der Waals surface area contributed by atoms with Gasteiger partial charge in [0.05, 0.1) is 12.7 Å². The predicted octanol–water partition coefficient (Wildman–Crippen LogP) is 2.99. The van der Waals surface area contributed by atoms with Crippen molar-refractivity contribution in [2.45, 2.75) is 24.6 Å². The third-order valence-electron chi connectivity index (χ3n) is 2.44. The van der Waals surface area contributed by atoms with Crippen LogP contribution in [0.2, 0.25) is 0 Å². The first-order valence-electron chi connectivity index (χ1n) is 5.74. The summed E-state index contributed by atoms with van der Waals surface area (Å²) in [4.78, 5) is 12.2. The lowest BCUT2D eigenvalue weighted by Crippen LogP contribution is -2.29. The molecule has 0 aliphatic rings. The molecule has 1 rings (SSSR count). The van der Waals surface area contributed by atoms with E-state index >= 15 is 0 Å². The highest BCUT2D eigenvalue weighted by molar-refractivity contribution is 9.09. The lowest BCUT2D eigenvalue weighted by atomic mass is 10.2. The van der Waals surface area contributed by atoms with Gasteiger partial charge in [0.1, 0.15) is 5.75 Å². The fourth-order valence-electron chi connectivity index (χ4n) is 1.55. The summed E-state index contributed by atoms with van der Waals surface area (Å²) in [6.07, 6.45) is 2.15. The highest BCUT2D eigenvalue weighted by Crippen LogP contribution is 2.17. The highest BCUT2D eigenvalue weighted by atomic mass is 79.9. The Hall–Kier alpha value is -1.03. The Bertz CT molecular complexity index is 368. The lowest BCUT2D eigenvalue weighted by molar-refractivity contribution is 0.0950. The molecule has 17 heavy (non-hydrogen) atoms. The number of ether oxygens (including phenoxy) is 1. The van der Waals surface area contributed by atoms with Crippen LogP contribution in [0.25, 0.3) is 0 Å². The SMILES string of the molecule is CCCC(Br)CNC(=O)c1ccccc1OC. The van der Waals surface area contributed by atoms with Crippen molar-refractivity contribution in [3.63, 3.8) is 0 Å². The van der Waals surface area contributed by atoms with E-state index in [1.807, 2.05) is 12.1 Å². The minimum Gasteiger partial charge on any atom is -0.496 e. The Kier molecular flexibility index (Phi) is 6.05. The first-order valence-corrected chi connectivity index (χ1v) is 6.65. The Morgan fingerprint density at radius 3 is 2.82 bits per heavy atom. The number of carbonyl (C=O) groups is 1. The first kappa shape index (κ1) is 14.0. The first-order chi connectivity index (χ1) is 8.19.